The Morgan fingerprint density at radius 3 is 2.85 bits per heavy atom. The van der Waals surface area contributed by atoms with Gasteiger partial charge in [-0.1, -0.05) is 0 Å². The van der Waals surface area contributed by atoms with E-state index in [9.17, 15) is 9.59 Å². The number of nitrogens with zero attached hydrogens (tertiary/aromatic N) is 2. The summed E-state index contributed by atoms with van der Waals surface area (Å²) in [6, 6.07) is 7.07. The Balaban J connectivity index is 0.00000210. The summed E-state index contributed by atoms with van der Waals surface area (Å²) in [5.74, 6) is 0.283. The third-order valence-corrected chi connectivity index (χ3v) is 4.96. The summed E-state index contributed by atoms with van der Waals surface area (Å²) < 4.78 is 7.30. The molecule has 0 bridgehead atoms. The first kappa shape index (κ1) is 19.2. The van der Waals surface area contributed by atoms with E-state index in [1.807, 2.05) is 12.3 Å². The molecule has 2 amide bonds. The fourth-order valence-electron chi connectivity index (χ4n) is 3.46. The topological polar surface area (TPSA) is 97.3 Å². The number of aromatic nitrogens is 2. The number of hydrogen-bond acceptors (Lipinski definition) is 5. The standard InChI is InChI=1S/C18H21N5O3.ClH/c1-12-16(24)22-14-11-13(3-4-15(14)26-12)21-17(25)18(5-8-19-9-6-18)23-10-2-7-20-23;/h2-4,7,10-12,19H,5-6,8-9H2,1H3,(H,21,25)(H,22,24);1H. The maximum Gasteiger partial charge on any atom is 0.265 e. The molecular weight excluding hydrogens is 370 g/mol. The Labute approximate surface area is 163 Å². The van der Waals surface area contributed by atoms with Gasteiger partial charge in [-0.3, -0.25) is 14.3 Å². The molecule has 144 valence electrons. The Kier molecular flexibility index (Phi) is 5.38. The van der Waals surface area contributed by atoms with Gasteiger partial charge in [-0.15, -0.1) is 12.4 Å². The van der Waals surface area contributed by atoms with Crippen molar-refractivity contribution in [2.24, 2.45) is 0 Å². The fraction of sp³-hybridized carbons (Fsp3) is 0.389. The average Bonchev–Trinajstić information content (AvgIpc) is 3.19. The Morgan fingerprint density at radius 1 is 1.37 bits per heavy atom. The van der Waals surface area contributed by atoms with Crippen LogP contribution >= 0.6 is 12.4 Å². The average molecular weight is 392 g/mol. The molecule has 1 saturated heterocycles. The lowest BCUT2D eigenvalue weighted by Crippen LogP contribution is -2.52. The van der Waals surface area contributed by atoms with Crippen molar-refractivity contribution < 1.29 is 14.3 Å². The fourth-order valence-corrected chi connectivity index (χ4v) is 3.46. The van der Waals surface area contributed by atoms with Gasteiger partial charge < -0.3 is 20.7 Å². The molecule has 2 aliphatic heterocycles. The van der Waals surface area contributed by atoms with E-state index in [2.05, 4.69) is 21.0 Å². The second kappa shape index (κ2) is 7.58. The highest BCUT2D eigenvalue weighted by Crippen LogP contribution is 2.34. The molecular formula is C18H22ClN5O3. The van der Waals surface area contributed by atoms with Crippen LogP contribution in [-0.2, 0) is 15.1 Å². The number of nitrogens with one attached hydrogen (secondary N) is 3. The van der Waals surface area contributed by atoms with Gasteiger partial charge in [0.05, 0.1) is 5.69 Å². The van der Waals surface area contributed by atoms with E-state index in [-0.39, 0.29) is 24.2 Å². The molecule has 2 aromatic rings. The van der Waals surface area contributed by atoms with E-state index in [1.54, 1.807) is 36.0 Å². The highest BCUT2D eigenvalue weighted by molar-refractivity contribution is 6.00. The second-order valence-corrected chi connectivity index (χ2v) is 6.65. The molecule has 2 aliphatic rings. The van der Waals surface area contributed by atoms with Crippen molar-refractivity contribution in [1.29, 1.82) is 0 Å². The van der Waals surface area contributed by atoms with Gasteiger partial charge in [0.25, 0.3) is 11.8 Å². The van der Waals surface area contributed by atoms with Gasteiger partial charge in [-0.2, -0.15) is 5.10 Å². The minimum absolute atomic E-state index is 0. The number of carbonyl (C=O) groups is 2. The van der Waals surface area contributed by atoms with Crippen LogP contribution < -0.4 is 20.7 Å². The van der Waals surface area contributed by atoms with Crippen LogP contribution in [0.1, 0.15) is 19.8 Å². The normalized spacial score (nSPS) is 20.5. The number of rotatable bonds is 3. The summed E-state index contributed by atoms with van der Waals surface area (Å²) >= 11 is 0. The van der Waals surface area contributed by atoms with E-state index in [4.69, 9.17) is 4.74 Å². The number of benzene rings is 1. The van der Waals surface area contributed by atoms with Gasteiger partial charge >= 0.3 is 0 Å². The summed E-state index contributed by atoms with van der Waals surface area (Å²) in [6.07, 6.45) is 4.30. The molecule has 3 N–H and O–H groups in total. The van der Waals surface area contributed by atoms with Gasteiger partial charge in [0.15, 0.2) is 6.10 Å². The number of piperidine rings is 1. The number of anilines is 2. The molecule has 1 atom stereocenters. The molecule has 0 saturated carbocycles. The smallest absolute Gasteiger partial charge is 0.265 e. The minimum Gasteiger partial charge on any atom is -0.479 e. The quantitative estimate of drug-likeness (QED) is 0.740. The van der Waals surface area contributed by atoms with E-state index in [0.29, 0.717) is 30.0 Å². The third-order valence-electron chi connectivity index (χ3n) is 4.96. The number of fused-ring (bicyclic) bond motifs is 1. The van der Waals surface area contributed by atoms with Gasteiger partial charge in [-0.05, 0) is 57.1 Å². The van der Waals surface area contributed by atoms with Crippen LogP contribution in [0, 0.1) is 0 Å². The van der Waals surface area contributed by atoms with Crippen molar-refractivity contribution in [2.75, 3.05) is 23.7 Å². The lowest BCUT2D eigenvalue weighted by atomic mass is 9.87. The van der Waals surface area contributed by atoms with Crippen molar-refractivity contribution in [1.82, 2.24) is 15.1 Å². The van der Waals surface area contributed by atoms with E-state index < -0.39 is 11.6 Å². The summed E-state index contributed by atoms with van der Waals surface area (Å²) in [5, 5.41) is 13.4. The number of halogens is 1. The third kappa shape index (κ3) is 3.50. The molecule has 1 fully saturated rings. The van der Waals surface area contributed by atoms with Crippen LogP contribution in [0.4, 0.5) is 11.4 Å². The number of amides is 2. The zero-order valence-corrected chi connectivity index (χ0v) is 15.7. The van der Waals surface area contributed by atoms with Crippen LogP contribution in [0.15, 0.2) is 36.7 Å². The molecule has 1 aromatic heterocycles. The van der Waals surface area contributed by atoms with Gasteiger partial charge in [-0.25, -0.2) is 0 Å². The number of ether oxygens (including phenoxy) is 1. The molecule has 3 heterocycles. The predicted octanol–water partition coefficient (Wildman–Crippen LogP) is 1.74. The monoisotopic (exact) mass is 391 g/mol. The first-order valence-electron chi connectivity index (χ1n) is 8.72. The van der Waals surface area contributed by atoms with Crippen LogP contribution in [0.2, 0.25) is 0 Å². The lowest BCUT2D eigenvalue weighted by molar-refractivity contribution is -0.126. The largest absolute Gasteiger partial charge is 0.479 e. The van der Waals surface area contributed by atoms with Gasteiger partial charge in [0, 0.05) is 18.1 Å². The van der Waals surface area contributed by atoms with Crippen molar-refractivity contribution in [3.8, 4) is 5.75 Å². The first-order valence-corrected chi connectivity index (χ1v) is 8.72. The van der Waals surface area contributed by atoms with Crippen LogP contribution in [0.5, 0.6) is 5.75 Å². The molecule has 27 heavy (non-hydrogen) atoms. The highest BCUT2D eigenvalue weighted by Gasteiger charge is 2.42. The van der Waals surface area contributed by atoms with E-state index in [0.717, 1.165) is 13.1 Å². The van der Waals surface area contributed by atoms with Crippen molar-refractivity contribution in [2.45, 2.75) is 31.4 Å². The van der Waals surface area contributed by atoms with Crippen LogP contribution in [0.25, 0.3) is 0 Å². The van der Waals surface area contributed by atoms with Crippen LogP contribution in [0.3, 0.4) is 0 Å². The number of hydrogen-bond donors (Lipinski definition) is 3. The van der Waals surface area contributed by atoms with E-state index >= 15 is 0 Å². The van der Waals surface area contributed by atoms with Crippen molar-refractivity contribution in [3.05, 3.63) is 36.7 Å². The lowest BCUT2D eigenvalue weighted by Gasteiger charge is -2.36. The molecule has 1 aromatic carbocycles. The highest BCUT2D eigenvalue weighted by atomic mass is 35.5. The maximum atomic E-state index is 13.2. The summed E-state index contributed by atoms with van der Waals surface area (Å²) in [4.78, 5) is 25.0. The Bertz CT molecular complexity index is 834. The maximum absolute atomic E-state index is 13.2. The van der Waals surface area contributed by atoms with Crippen molar-refractivity contribution in [3.63, 3.8) is 0 Å². The molecule has 4 rings (SSSR count). The summed E-state index contributed by atoms with van der Waals surface area (Å²) in [6.45, 7) is 3.19. The Morgan fingerprint density at radius 2 is 2.15 bits per heavy atom. The molecule has 8 nitrogen and oxygen atoms in total. The second-order valence-electron chi connectivity index (χ2n) is 6.65. The molecule has 0 aliphatic carbocycles. The minimum atomic E-state index is -0.723. The predicted molar refractivity (Wildman–Crippen MR) is 103 cm³/mol. The first-order chi connectivity index (χ1) is 12.6. The molecule has 9 heteroatoms. The SMILES string of the molecule is CC1Oc2ccc(NC(=O)C3(n4cccn4)CCNCC3)cc2NC1=O.Cl. The Hall–Kier alpha value is -2.58. The molecule has 1 unspecified atom stereocenters. The van der Waals surface area contributed by atoms with Gasteiger partial charge in [0.1, 0.15) is 11.3 Å². The van der Waals surface area contributed by atoms with Crippen molar-refractivity contribution >= 4 is 35.6 Å². The van der Waals surface area contributed by atoms with E-state index in [1.165, 1.54) is 0 Å². The molecule has 0 spiro atoms. The zero-order chi connectivity index (χ0) is 18.1. The summed E-state index contributed by atoms with van der Waals surface area (Å²) in [7, 11) is 0. The van der Waals surface area contributed by atoms with Crippen LogP contribution in [-0.4, -0.2) is 40.8 Å². The zero-order valence-electron chi connectivity index (χ0n) is 14.9. The summed E-state index contributed by atoms with van der Waals surface area (Å²) in [5.41, 5.74) is 0.445. The molecule has 0 radical (unpaired) electrons. The van der Waals surface area contributed by atoms with Gasteiger partial charge in [0.2, 0.25) is 0 Å². The number of carbonyl (C=O) groups excluding carboxylic acids is 2.